The maximum Gasteiger partial charge on any atom is 0.0549 e. The summed E-state index contributed by atoms with van der Waals surface area (Å²) < 4.78 is 2.14. The van der Waals surface area contributed by atoms with Gasteiger partial charge in [0.15, 0.2) is 0 Å². The van der Waals surface area contributed by atoms with E-state index >= 15 is 0 Å². The third-order valence-corrected chi connectivity index (χ3v) is 4.13. The molecule has 0 saturated carbocycles. The van der Waals surface area contributed by atoms with Crippen molar-refractivity contribution in [3.63, 3.8) is 0 Å². The average Bonchev–Trinajstić information content (AvgIpc) is 3.10. The predicted octanol–water partition coefficient (Wildman–Crippen LogP) is 4.29. The molecule has 0 fully saturated rings. The molecule has 2 aromatic carbocycles. The summed E-state index contributed by atoms with van der Waals surface area (Å²) in [4.78, 5) is 9.37. The molecule has 0 unspecified atom stereocenters. The van der Waals surface area contributed by atoms with Gasteiger partial charge in [0.1, 0.15) is 0 Å². The summed E-state index contributed by atoms with van der Waals surface area (Å²) in [6.07, 6.45) is 1.82. The minimum absolute atomic E-state index is 0. The van der Waals surface area contributed by atoms with E-state index < -0.39 is 0 Å². The fourth-order valence-electron chi connectivity index (χ4n) is 3.21. The van der Waals surface area contributed by atoms with Gasteiger partial charge < -0.3 is 9.55 Å². The molecule has 3 aromatic heterocycles. The zero-order valence-corrected chi connectivity index (χ0v) is 14.5. The summed E-state index contributed by atoms with van der Waals surface area (Å²) in [6, 6.07) is 22.7. The van der Waals surface area contributed by atoms with Crippen LogP contribution in [0.3, 0.4) is 0 Å². The second-order valence-electron chi connectivity index (χ2n) is 5.37. The van der Waals surface area contributed by atoms with Crippen molar-refractivity contribution in [2.24, 2.45) is 0 Å². The van der Waals surface area contributed by atoms with Crippen molar-refractivity contribution in [1.29, 1.82) is 0 Å². The zero-order chi connectivity index (χ0) is 14.5. The third kappa shape index (κ3) is 1.96. The molecule has 0 saturated heterocycles. The predicted molar refractivity (Wildman–Crippen MR) is 89.4 cm³/mol. The van der Waals surface area contributed by atoms with Gasteiger partial charge in [0.2, 0.25) is 0 Å². The van der Waals surface area contributed by atoms with Crippen molar-refractivity contribution in [1.82, 2.24) is 14.5 Å². The van der Waals surface area contributed by atoms with Crippen LogP contribution in [0.2, 0.25) is 0 Å². The smallest absolute Gasteiger partial charge is 0.0549 e. The van der Waals surface area contributed by atoms with Gasteiger partial charge in [-0.3, -0.25) is 4.98 Å². The quantitative estimate of drug-likeness (QED) is 0.363. The van der Waals surface area contributed by atoms with E-state index in [0.717, 1.165) is 22.5 Å². The molecular formula is C19H12IrN3-. The number of hydrogen-bond acceptors (Lipinski definition) is 1. The molecule has 113 valence electrons. The van der Waals surface area contributed by atoms with Crippen LogP contribution >= 0.6 is 0 Å². The Kier molecular flexibility index (Phi) is 3.29. The molecule has 0 aliphatic carbocycles. The van der Waals surface area contributed by atoms with E-state index in [-0.39, 0.29) is 20.1 Å². The number of pyridine rings is 1. The fraction of sp³-hybridized carbons (Fsp3) is 0. The molecule has 0 aliphatic heterocycles. The molecule has 5 rings (SSSR count). The number of hydrogen-bond donors (Lipinski definition) is 0. The van der Waals surface area contributed by atoms with Crippen LogP contribution in [0.25, 0.3) is 38.7 Å². The Balaban J connectivity index is 0.00000135. The number of para-hydroxylation sites is 2. The second kappa shape index (κ2) is 5.34. The maximum atomic E-state index is 4.85. The standard InChI is InChI=1S/C19H12N3.Ir/c1-3-9-15-13(7-1)18-14-8-2-4-10-16(14)22(19(18)21-15)17-11-5-6-12-20-17;/h1-12H;/q-1;. The van der Waals surface area contributed by atoms with Crippen LogP contribution in [0.4, 0.5) is 0 Å². The Bertz CT molecular complexity index is 1120. The molecule has 23 heavy (non-hydrogen) atoms. The molecule has 0 bridgehead atoms. The third-order valence-electron chi connectivity index (χ3n) is 4.13. The van der Waals surface area contributed by atoms with Gasteiger partial charge in [0.25, 0.3) is 0 Å². The molecule has 3 nitrogen and oxygen atoms in total. The second-order valence-corrected chi connectivity index (χ2v) is 5.37. The molecule has 0 atom stereocenters. The largest absolute Gasteiger partial charge is 0.435 e. The van der Waals surface area contributed by atoms with Gasteiger partial charge in [0, 0.05) is 26.3 Å². The van der Waals surface area contributed by atoms with Crippen molar-refractivity contribution < 1.29 is 20.1 Å². The van der Waals surface area contributed by atoms with Gasteiger partial charge >= 0.3 is 0 Å². The first-order chi connectivity index (χ1) is 10.9. The molecule has 0 amide bonds. The Hall–Kier alpha value is -2.42. The minimum Gasteiger partial charge on any atom is -0.435 e. The first-order valence-corrected chi connectivity index (χ1v) is 7.29. The summed E-state index contributed by atoms with van der Waals surface area (Å²) in [5.74, 6) is 0.900. The fourth-order valence-corrected chi connectivity index (χ4v) is 3.21. The molecule has 0 aliphatic rings. The summed E-state index contributed by atoms with van der Waals surface area (Å²) in [6.45, 7) is 0. The van der Waals surface area contributed by atoms with Crippen LogP contribution in [-0.2, 0) is 20.1 Å². The molecule has 5 aromatic rings. The van der Waals surface area contributed by atoms with Gasteiger partial charge in [0.05, 0.1) is 5.82 Å². The number of benzene rings is 2. The van der Waals surface area contributed by atoms with Crippen molar-refractivity contribution in [2.45, 2.75) is 0 Å². The van der Waals surface area contributed by atoms with Crippen LogP contribution in [0.5, 0.6) is 0 Å². The van der Waals surface area contributed by atoms with Crippen molar-refractivity contribution >= 4 is 32.8 Å². The van der Waals surface area contributed by atoms with E-state index in [0.29, 0.717) is 0 Å². The molecule has 1 radical (unpaired) electrons. The zero-order valence-electron chi connectivity index (χ0n) is 12.1. The first kappa shape index (κ1) is 14.2. The van der Waals surface area contributed by atoms with E-state index in [1.807, 2.05) is 30.5 Å². The Labute approximate surface area is 146 Å². The first-order valence-electron chi connectivity index (χ1n) is 7.29. The summed E-state index contributed by atoms with van der Waals surface area (Å²) in [5, 5.41) is 3.62. The molecule has 3 heterocycles. The van der Waals surface area contributed by atoms with E-state index in [1.165, 1.54) is 16.2 Å². The topological polar surface area (TPSA) is 31.9 Å². The molecule has 0 N–H and O–H groups in total. The normalized spacial score (nSPS) is 11.1. The van der Waals surface area contributed by atoms with Crippen LogP contribution in [-0.4, -0.2) is 9.55 Å². The molecular weight excluding hydrogens is 462 g/mol. The Morgan fingerprint density at radius 3 is 2.35 bits per heavy atom. The van der Waals surface area contributed by atoms with Gasteiger partial charge in [-0.25, -0.2) is 0 Å². The summed E-state index contributed by atoms with van der Waals surface area (Å²) in [5.41, 5.74) is 3.15. The van der Waals surface area contributed by atoms with Gasteiger partial charge in [-0.2, -0.15) is 0 Å². The van der Waals surface area contributed by atoms with Crippen molar-refractivity contribution in [2.75, 3.05) is 0 Å². The van der Waals surface area contributed by atoms with Crippen LogP contribution in [0.1, 0.15) is 0 Å². The van der Waals surface area contributed by atoms with Gasteiger partial charge in [-0.05, 0) is 45.0 Å². The van der Waals surface area contributed by atoms with E-state index in [1.54, 1.807) is 0 Å². The van der Waals surface area contributed by atoms with Gasteiger partial charge in [-0.1, -0.05) is 54.6 Å². The average molecular weight is 475 g/mol. The van der Waals surface area contributed by atoms with Crippen LogP contribution < -0.4 is 4.98 Å². The van der Waals surface area contributed by atoms with Crippen LogP contribution in [0, 0.1) is 0 Å². The summed E-state index contributed by atoms with van der Waals surface area (Å²) >= 11 is 0. The van der Waals surface area contributed by atoms with E-state index in [9.17, 15) is 0 Å². The number of nitrogens with zero attached hydrogens (tertiary/aromatic N) is 3. The Morgan fingerprint density at radius 1 is 0.783 bits per heavy atom. The number of fused-ring (bicyclic) bond motifs is 5. The van der Waals surface area contributed by atoms with Gasteiger partial charge in [-0.15, -0.1) is 0 Å². The van der Waals surface area contributed by atoms with Crippen molar-refractivity contribution in [3.8, 4) is 5.82 Å². The SMILES string of the molecule is [Ir].c1ccc(-n2c3ccccc3c3c4ccccc4[n-]c32)nc1. The van der Waals surface area contributed by atoms with E-state index in [2.05, 4.69) is 52.0 Å². The number of rotatable bonds is 1. The van der Waals surface area contributed by atoms with Crippen LogP contribution in [0.15, 0.2) is 72.9 Å². The molecule has 0 spiro atoms. The summed E-state index contributed by atoms with van der Waals surface area (Å²) in [7, 11) is 0. The minimum atomic E-state index is 0. The molecule has 4 heteroatoms. The van der Waals surface area contributed by atoms with Crippen molar-refractivity contribution in [3.05, 3.63) is 72.9 Å². The Morgan fingerprint density at radius 2 is 1.52 bits per heavy atom. The number of aromatic nitrogens is 3. The van der Waals surface area contributed by atoms with E-state index in [4.69, 9.17) is 4.98 Å². The monoisotopic (exact) mass is 475 g/mol. The maximum absolute atomic E-state index is 4.85.